The highest BCUT2D eigenvalue weighted by molar-refractivity contribution is 9.10. The van der Waals surface area contributed by atoms with E-state index in [1.807, 2.05) is 12.1 Å². The third-order valence-electron chi connectivity index (χ3n) is 3.38. The van der Waals surface area contributed by atoms with Crippen LogP contribution in [0.4, 0.5) is 5.69 Å². The zero-order valence-electron chi connectivity index (χ0n) is 9.67. The van der Waals surface area contributed by atoms with E-state index in [4.69, 9.17) is 5.73 Å². The smallest absolute Gasteiger partial charge is 0.0370 e. The van der Waals surface area contributed by atoms with Crippen LogP contribution in [0, 0.1) is 5.92 Å². The Hall–Kier alpha value is -0.540. The lowest BCUT2D eigenvalue weighted by molar-refractivity contribution is 0.503. The third-order valence-corrected chi connectivity index (χ3v) is 3.88. The minimum absolute atomic E-state index is 0.679. The molecule has 16 heavy (non-hydrogen) atoms. The van der Waals surface area contributed by atoms with Gasteiger partial charge in [0.25, 0.3) is 0 Å². The Morgan fingerprint density at radius 1 is 1.44 bits per heavy atom. The number of anilines is 1. The average Bonchev–Trinajstić information content (AvgIpc) is 2.63. The summed E-state index contributed by atoms with van der Waals surface area (Å²) in [5.41, 5.74) is 8.03. The molecule has 0 saturated heterocycles. The minimum Gasteiger partial charge on any atom is -0.398 e. The standard InChI is InChI=1S/C13H19BrN2/c1-9-2-5-12(6-9)16-8-10-3-4-11(14)7-13(10)15/h3-4,7,9,12,16H,2,5-6,8,15H2,1H3. The topological polar surface area (TPSA) is 38.0 Å². The molecule has 0 bridgehead atoms. The Bertz CT molecular complexity index is 365. The second kappa shape index (κ2) is 5.19. The zero-order chi connectivity index (χ0) is 11.5. The fraction of sp³-hybridized carbons (Fsp3) is 0.538. The van der Waals surface area contributed by atoms with E-state index in [9.17, 15) is 0 Å². The van der Waals surface area contributed by atoms with Crippen LogP contribution in [0.1, 0.15) is 31.7 Å². The molecular weight excluding hydrogens is 264 g/mol. The molecule has 0 radical (unpaired) electrons. The highest BCUT2D eigenvalue weighted by Crippen LogP contribution is 2.25. The summed E-state index contributed by atoms with van der Waals surface area (Å²) in [6, 6.07) is 6.78. The molecule has 1 fully saturated rings. The monoisotopic (exact) mass is 282 g/mol. The maximum Gasteiger partial charge on any atom is 0.0370 e. The summed E-state index contributed by atoms with van der Waals surface area (Å²) >= 11 is 3.42. The molecule has 0 aliphatic heterocycles. The van der Waals surface area contributed by atoms with Gasteiger partial charge in [-0.1, -0.05) is 28.9 Å². The predicted molar refractivity (Wildman–Crippen MR) is 72.2 cm³/mol. The number of halogens is 1. The van der Waals surface area contributed by atoms with Crippen LogP contribution >= 0.6 is 15.9 Å². The molecule has 2 unspecified atom stereocenters. The van der Waals surface area contributed by atoms with Gasteiger partial charge in [0, 0.05) is 22.7 Å². The summed E-state index contributed by atoms with van der Waals surface area (Å²) in [5.74, 6) is 0.875. The number of nitrogen functional groups attached to an aromatic ring is 1. The van der Waals surface area contributed by atoms with Crippen molar-refractivity contribution in [2.24, 2.45) is 5.92 Å². The van der Waals surface area contributed by atoms with Gasteiger partial charge in [0.1, 0.15) is 0 Å². The summed E-state index contributed by atoms with van der Waals surface area (Å²) in [6.07, 6.45) is 3.96. The molecule has 88 valence electrons. The number of nitrogens with one attached hydrogen (secondary N) is 1. The average molecular weight is 283 g/mol. The maximum absolute atomic E-state index is 5.96. The van der Waals surface area contributed by atoms with Gasteiger partial charge in [-0.3, -0.25) is 0 Å². The van der Waals surface area contributed by atoms with E-state index in [2.05, 4.69) is 34.2 Å². The lowest BCUT2D eigenvalue weighted by Crippen LogP contribution is -2.26. The Kier molecular flexibility index (Phi) is 3.87. The van der Waals surface area contributed by atoms with Crippen LogP contribution in [0.2, 0.25) is 0 Å². The van der Waals surface area contributed by atoms with Gasteiger partial charge in [-0.25, -0.2) is 0 Å². The van der Waals surface area contributed by atoms with Crippen molar-refractivity contribution in [2.75, 3.05) is 5.73 Å². The molecule has 1 saturated carbocycles. The van der Waals surface area contributed by atoms with Crippen molar-refractivity contribution in [2.45, 2.75) is 38.8 Å². The van der Waals surface area contributed by atoms with Crippen LogP contribution in [0.3, 0.4) is 0 Å². The van der Waals surface area contributed by atoms with E-state index in [1.54, 1.807) is 0 Å². The SMILES string of the molecule is CC1CCC(NCc2ccc(Br)cc2N)C1. The van der Waals surface area contributed by atoms with E-state index in [0.29, 0.717) is 6.04 Å². The molecule has 3 heteroatoms. The molecule has 2 nitrogen and oxygen atoms in total. The Balaban J connectivity index is 1.89. The summed E-state index contributed by atoms with van der Waals surface area (Å²) in [6.45, 7) is 3.21. The molecule has 1 aromatic carbocycles. The van der Waals surface area contributed by atoms with Gasteiger partial charge in [0.2, 0.25) is 0 Å². The molecule has 0 heterocycles. The Morgan fingerprint density at radius 2 is 2.25 bits per heavy atom. The first-order chi connectivity index (χ1) is 7.65. The highest BCUT2D eigenvalue weighted by atomic mass is 79.9. The molecule has 2 rings (SSSR count). The fourth-order valence-electron chi connectivity index (χ4n) is 2.37. The predicted octanol–water partition coefficient (Wildman–Crippen LogP) is 3.31. The summed E-state index contributed by atoms with van der Waals surface area (Å²) < 4.78 is 1.04. The van der Waals surface area contributed by atoms with Crippen molar-refractivity contribution in [3.05, 3.63) is 28.2 Å². The fourth-order valence-corrected chi connectivity index (χ4v) is 2.75. The summed E-state index contributed by atoms with van der Waals surface area (Å²) in [4.78, 5) is 0. The van der Waals surface area contributed by atoms with Gasteiger partial charge in [-0.15, -0.1) is 0 Å². The second-order valence-electron chi connectivity index (χ2n) is 4.84. The van der Waals surface area contributed by atoms with Gasteiger partial charge in [0.15, 0.2) is 0 Å². The first kappa shape index (κ1) is 11.9. The number of rotatable bonds is 3. The lowest BCUT2D eigenvalue weighted by atomic mass is 10.1. The molecule has 0 amide bonds. The maximum atomic E-state index is 5.96. The van der Waals surface area contributed by atoms with Crippen molar-refractivity contribution in [3.8, 4) is 0 Å². The van der Waals surface area contributed by atoms with Crippen molar-refractivity contribution in [1.82, 2.24) is 5.32 Å². The Morgan fingerprint density at radius 3 is 2.88 bits per heavy atom. The normalized spacial score (nSPS) is 24.9. The molecule has 1 aromatic rings. The first-order valence-electron chi connectivity index (χ1n) is 5.92. The largest absolute Gasteiger partial charge is 0.398 e. The number of benzene rings is 1. The Labute approximate surface area is 106 Å². The van der Waals surface area contributed by atoms with Crippen LogP contribution in [0.25, 0.3) is 0 Å². The quantitative estimate of drug-likeness (QED) is 0.835. The van der Waals surface area contributed by atoms with Gasteiger partial charge in [-0.2, -0.15) is 0 Å². The van der Waals surface area contributed by atoms with Crippen molar-refractivity contribution >= 4 is 21.6 Å². The van der Waals surface area contributed by atoms with Crippen LogP contribution in [-0.2, 0) is 6.54 Å². The lowest BCUT2D eigenvalue weighted by Gasteiger charge is -2.13. The number of hydrogen-bond acceptors (Lipinski definition) is 2. The van der Waals surface area contributed by atoms with E-state index >= 15 is 0 Å². The highest BCUT2D eigenvalue weighted by Gasteiger charge is 2.20. The van der Waals surface area contributed by atoms with Gasteiger partial charge in [-0.05, 0) is 42.9 Å². The third kappa shape index (κ3) is 2.98. The summed E-state index contributed by atoms with van der Waals surface area (Å²) in [5, 5.41) is 3.59. The van der Waals surface area contributed by atoms with E-state index in [0.717, 1.165) is 22.6 Å². The van der Waals surface area contributed by atoms with Gasteiger partial charge >= 0.3 is 0 Å². The van der Waals surface area contributed by atoms with Gasteiger partial charge in [0.05, 0.1) is 0 Å². The van der Waals surface area contributed by atoms with Gasteiger partial charge < -0.3 is 11.1 Å². The van der Waals surface area contributed by atoms with Crippen LogP contribution in [0.15, 0.2) is 22.7 Å². The number of nitrogens with two attached hydrogens (primary N) is 1. The van der Waals surface area contributed by atoms with E-state index < -0.39 is 0 Å². The van der Waals surface area contributed by atoms with Crippen LogP contribution in [-0.4, -0.2) is 6.04 Å². The van der Waals surface area contributed by atoms with Crippen molar-refractivity contribution in [3.63, 3.8) is 0 Å². The summed E-state index contributed by atoms with van der Waals surface area (Å²) in [7, 11) is 0. The second-order valence-corrected chi connectivity index (χ2v) is 5.75. The van der Waals surface area contributed by atoms with Crippen molar-refractivity contribution < 1.29 is 0 Å². The molecule has 0 spiro atoms. The van der Waals surface area contributed by atoms with E-state index in [-0.39, 0.29) is 0 Å². The molecular formula is C13H19BrN2. The van der Waals surface area contributed by atoms with Crippen LogP contribution in [0.5, 0.6) is 0 Å². The molecule has 1 aliphatic carbocycles. The van der Waals surface area contributed by atoms with Crippen LogP contribution < -0.4 is 11.1 Å². The number of hydrogen-bond donors (Lipinski definition) is 2. The zero-order valence-corrected chi connectivity index (χ0v) is 11.3. The molecule has 2 atom stereocenters. The molecule has 1 aliphatic rings. The minimum atomic E-state index is 0.679. The molecule has 3 N–H and O–H groups in total. The van der Waals surface area contributed by atoms with Crippen molar-refractivity contribution in [1.29, 1.82) is 0 Å². The molecule has 0 aromatic heterocycles. The van der Waals surface area contributed by atoms with E-state index in [1.165, 1.54) is 24.8 Å². The first-order valence-corrected chi connectivity index (χ1v) is 6.71.